The maximum absolute atomic E-state index is 15.1. The number of carbonyl (C=O) groups excluding carboxylic acids is 2. The number of alkyl halides is 4. The Balaban J connectivity index is 0.00000127. The zero-order chi connectivity index (χ0) is 42.4. The Kier molecular flexibility index (Phi) is 23.2. The van der Waals surface area contributed by atoms with Gasteiger partial charge in [-0.05, 0) is 47.2 Å². The molecule has 0 radical (unpaired) electrons. The summed E-state index contributed by atoms with van der Waals surface area (Å²) in [6, 6.07) is 8.90. The molecule has 12 nitrogen and oxygen atoms in total. The first kappa shape index (κ1) is 50.3. The number of amides is 2. The minimum absolute atomic E-state index is 0.00743. The second-order valence-corrected chi connectivity index (χ2v) is 13.5. The van der Waals surface area contributed by atoms with E-state index in [0.29, 0.717) is 30.3 Å². The number of ether oxygens (including phenoxy) is 1. The van der Waals surface area contributed by atoms with Crippen LogP contribution in [0.5, 0.6) is 0 Å². The maximum Gasteiger partial charge on any atom is 0.405 e. The molecule has 2 amide bonds. The molecule has 0 spiro atoms. The van der Waals surface area contributed by atoms with Crippen molar-refractivity contribution in [1.29, 1.82) is 0 Å². The highest BCUT2D eigenvalue weighted by Crippen LogP contribution is 2.30. The third kappa shape index (κ3) is 18.9. The van der Waals surface area contributed by atoms with E-state index in [9.17, 15) is 31.5 Å². The number of aliphatic imine (C=N–C) groups is 1. The Hall–Kier alpha value is -4.71. The standard InChI is InChI=1S/C25H27ClF2N6O2.C5H12.C3H4F3NO.C2H6N2.CH3F/c1-4-9-33-13-18(12-30-33)19-7-5-17(10-21(19)27)24(35)32(2)23(14-36-3)16-6-8-20(26)22(11-16)34-25(28)29-15-31-34;1-5(2,3)4;4-3(5,6)1-7-2-8;1-4-2-3;1-2/h5-8,10-12,15,18,23H,4,9,13-14H2,1-3H3;1-4H3;2H,1H2,(H,7,8);2H,1H3,(H2,3,4);1H3. The molecule has 1 aromatic heterocycles. The average molecular weight is 808 g/mol. The van der Waals surface area contributed by atoms with E-state index in [2.05, 4.69) is 54.8 Å². The molecule has 2 atom stereocenters. The number of benzene rings is 2. The maximum atomic E-state index is 15.1. The van der Waals surface area contributed by atoms with Gasteiger partial charge in [0.1, 0.15) is 18.7 Å². The lowest BCUT2D eigenvalue weighted by molar-refractivity contribution is -0.132. The van der Waals surface area contributed by atoms with Crippen molar-refractivity contribution in [1.82, 2.24) is 30.0 Å². The van der Waals surface area contributed by atoms with Gasteiger partial charge in [0.15, 0.2) is 0 Å². The molecule has 1 aliphatic heterocycles. The second-order valence-electron chi connectivity index (χ2n) is 13.1. The molecule has 308 valence electrons. The molecule has 2 heterocycles. The van der Waals surface area contributed by atoms with Crippen LogP contribution in [-0.4, -0.2) is 110 Å². The Morgan fingerprint density at radius 1 is 1.16 bits per heavy atom. The molecule has 0 fully saturated rings. The fourth-order valence-corrected chi connectivity index (χ4v) is 4.62. The number of rotatable bonds is 11. The minimum Gasteiger partial charge on any atom is -0.390 e. The molecular weight excluding hydrogens is 756 g/mol. The number of nitrogens with one attached hydrogen (secondary N) is 1. The van der Waals surface area contributed by atoms with Crippen molar-refractivity contribution in [3.05, 3.63) is 76.3 Å². The van der Waals surface area contributed by atoms with Crippen LogP contribution < -0.4 is 11.1 Å². The second kappa shape index (κ2) is 25.4. The van der Waals surface area contributed by atoms with Crippen molar-refractivity contribution >= 4 is 36.5 Å². The van der Waals surface area contributed by atoms with Gasteiger partial charge in [-0.15, -0.1) is 0 Å². The summed E-state index contributed by atoms with van der Waals surface area (Å²) in [5.74, 6) is -1.01. The molecule has 4 rings (SSSR count). The molecule has 0 saturated carbocycles. The van der Waals surface area contributed by atoms with Crippen LogP contribution in [-0.2, 0) is 9.53 Å². The van der Waals surface area contributed by atoms with Crippen LogP contribution in [0.1, 0.15) is 74.5 Å². The number of aromatic nitrogens is 3. The molecule has 2 unspecified atom stereocenters. The number of carbonyl (C=O) groups is 2. The molecule has 3 aromatic rings. The van der Waals surface area contributed by atoms with E-state index < -0.39 is 36.6 Å². The first-order valence-corrected chi connectivity index (χ1v) is 17.1. The summed E-state index contributed by atoms with van der Waals surface area (Å²) in [6.45, 7) is 11.1. The lowest BCUT2D eigenvalue weighted by Gasteiger charge is -2.29. The van der Waals surface area contributed by atoms with Crippen molar-refractivity contribution in [2.24, 2.45) is 21.2 Å². The van der Waals surface area contributed by atoms with Crippen molar-refractivity contribution in [3.8, 4) is 5.69 Å². The summed E-state index contributed by atoms with van der Waals surface area (Å²) in [6.07, 6.45) is -0.0709. The third-order valence-corrected chi connectivity index (χ3v) is 7.00. The molecule has 3 N–H and O–H groups in total. The number of hydrogen-bond donors (Lipinski definition) is 2. The van der Waals surface area contributed by atoms with E-state index in [-0.39, 0.29) is 35.2 Å². The number of hydrazone groups is 1. The van der Waals surface area contributed by atoms with E-state index in [1.54, 1.807) is 50.6 Å². The Morgan fingerprint density at radius 2 is 1.78 bits per heavy atom. The zero-order valence-corrected chi connectivity index (χ0v) is 33.3. The molecular formula is C36H52ClF6N9O3. The summed E-state index contributed by atoms with van der Waals surface area (Å²) in [4.78, 5) is 30.9. The Morgan fingerprint density at radius 3 is 2.24 bits per heavy atom. The molecule has 55 heavy (non-hydrogen) atoms. The van der Waals surface area contributed by atoms with Gasteiger partial charge in [-0.2, -0.15) is 37.4 Å². The van der Waals surface area contributed by atoms with Crippen LogP contribution in [0.4, 0.5) is 26.3 Å². The van der Waals surface area contributed by atoms with E-state index in [4.69, 9.17) is 22.1 Å². The predicted octanol–water partition coefficient (Wildman–Crippen LogP) is 6.99. The lowest BCUT2D eigenvalue weighted by Crippen LogP contribution is -2.34. The SMILES string of the molecule is CC(C)(C)C.CCCN1CC(c2ccc(C(=O)N(C)C(COC)c3ccc(Cl)c(-n4ncnc4F)c3)cc2F)C=N1.CF.CN=CN.O=CNCC(F)(F)F. The lowest BCUT2D eigenvalue weighted by atomic mass is 9.98. The Bertz CT molecular complexity index is 1620. The van der Waals surface area contributed by atoms with Gasteiger partial charge in [0.05, 0.1) is 36.9 Å². The third-order valence-electron chi connectivity index (χ3n) is 6.68. The van der Waals surface area contributed by atoms with Gasteiger partial charge < -0.3 is 20.7 Å². The van der Waals surface area contributed by atoms with Crippen molar-refractivity contribution in [2.45, 2.75) is 59.2 Å². The van der Waals surface area contributed by atoms with Gasteiger partial charge in [-0.25, -0.2) is 4.39 Å². The summed E-state index contributed by atoms with van der Waals surface area (Å²) in [5.41, 5.74) is 6.85. The monoisotopic (exact) mass is 807 g/mol. The zero-order valence-electron chi connectivity index (χ0n) is 32.5. The normalized spacial score (nSPS) is 13.9. The summed E-state index contributed by atoms with van der Waals surface area (Å²) >= 11 is 6.27. The molecule has 19 heteroatoms. The van der Waals surface area contributed by atoms with Crippen molar-refractivity contribution in [3.63, 3.8) is 0 Å². The predicted molar refractivity (Wildman–Crippen MR) is 203 cm³/mol. The highest BCUT2D eigenvalue weighted by molar-refractivity contribution is 6.32. The van der Waals surface area contributed by atoms with Gasteiger partial charge in [0, 0.05) is 52.0 Å². The first-order valence-electron chi connectivity index (χ1n) is 16.8. The number of hydrogen-bond acceptors (Lipinski definition) is 8. The molecule has 0 bridgehead atoms. The number of halogens is 7. The molecule has 0 saturated heterocycles. The largest absolute Gasteiger partial charge is 0.405 e. The van der Waals surface area contributed by atoms with E-state index in [1.807, 2.05) is 5.01 Å². The van der Waals surface area contributed by atoms with E-state index in [1.165, 1.54) is 29.7 Å². The van der Waals surface area contributed by atoms with Crippen LogP contribution >= 0.6 is 11.6 Å². The molecule has 1 aliphatic rings. The summed E-state index contributed by atoms with van der Waals surface area (Å²) < 4.78 is 78.0. The minimum atomic E-state index is -4.29. The number of nitrogens with zero attached hydrogens (tertiary/aromatic N) is 7. The van der Waals surface area contributed by atoms with Gasteiger partial charge in [0.2, 0.25) is 6.41 Å². The van der Waals surface area contributed by atoms with Crippen LogP contribution in [0.25, 0.3) is 5.69 Å². The Labute approximate surface area is 323 Å². The number of likely N-dealkylation sites (N-methyl/N-ethyl adjacent to an activating group) is 1. The number of methoxy groups -OCH3 is 1. The molecule has 0 aliphatic carbocycles. The van der Waals surface area contributed by atoms with Crippen LogP contribution in [0, 0.1) is 17.3 Å². The van der Waals surface area contributed by atoms with Crippen molar-refractivity contribution < 1.29 is 40.7 Å². The van der Waals surface area contributed by atoms with Gasteiger partial charge in [-0.1, -0.05) is 58.4 Å². The molecule has 2 aromatic carbocycles. The van der Waals surface area contributed by atoms with Crippen LogP contribution in [0.15, 0.2) is 52.8 Å². The van der Waals surface area contributed by atoms with Gasteiger partial charge >= 0.3 is 12.3 Å². The van der Waals surface area contributed by atoms with Gasteiger partial charge in [0.25, 0.3) is 5.91 Å². The van der Waals surface area contributed by atoms with Gasteiger partial charge in [-0.3, -0.25) is 24.0 Å². The average Bonchev–Trinajstić information content (AvgIpc) is 3.78. The van der Waals surface area contributed by atoms with Crippen LogP contribution in [0.3, 0.4) is 0 Å². The highest BCUT2D eigenvalue weighted by Gasteiger charge is 2.27. The smallest absolute Gasteiger partial charge is 0.390 e. The fraction of sp³-hybridized carbons (Fsp3) is 0.500. The van der Waals surface area contributed by atoms with Crippen molar-refractivity contribution in [2.75, 3.05) is 54.6 Å². The first-order chi connectivity index (χ1) is 25.8. The van der Waals surface area contributed by atoms with Crippen LogP contribution in [0.2, 0.25) is 5.02 Å². The highest BCUT2D eigenvalue weighted by atomic mass is 35.5. The number of nitrogens with two attached hydrogens (primary N) is 1. The van der Waals surface area contributed by atoms with E-state index in [0.717, 1.165) is 24.0 Å². The topological polar surface area (TPSA) is 143 Å². The van der Waals surface area contributed by atoms with E-state index >= 15 is 4.39 Å². The fourth-order valence-electron chi connectivity index (χ4n) is 4.42. The summed E-state index contributed by atoms with van der Waals surface area (Å²) in [5, 5.41) is 11.9. The quantitative estimate of drug-likeness (QED) is 0.0921. The summed E-state index contributed by atoms with van der Waals surface area (Å²) in [7, 11) is 5.24.